The third-order valence-corrected chi connectivity index (χ3v) is 2.06. The summed E-state index contributed by atoms with van der Waals surface area (Å²) in [7, 11) is 0. The molecule has 1 amide bonds. The maximum Gasteiger partial charge on any atom is 0.328 e. The van der Waals surface area contributed by atoms with Gasteiger partial charge in [-0.3, -0.25) is 4.79 Å². The van der Waals surface area contributed by atoms with E-state index in [1.165, 1.54) is 0 Å². The molecule has 0 aliphatic rings. The number of rotatable bonds is 6. The van der Waals surface area contributed by atoms with E-state index in [0.717, 1.165) is 0 Å². The van der Waals surface area contributed by atoms with Gasteiger partial charge in [-0.15, -0.1) is 0 Å². The van der Waals surface area contributed by atoms with Crippen LogP contribution in [0.1, 0.15) is 34.1 Å². The van der Waals surface area contributed by atoms with Crippen molar-refractivity contribution in [3.63, 3.8) is 0 Å². The van der Waals surface area contributed by atoms with E-state index in [4.69, 9.17) is 10.5 Å². The molecule has 0 aliphatic heterocycles. The molecule has 0 rings (SSSR count). The van der Waals surface area contributed by atoms with Crippen molar-refractivity contribution in [1.29, 1.82) is 0 Å². The van der Waals surface area contributed by atoms with Crippen LogP contribution in [0.5, 0.6) is 0 Å². The number of ether oxygens (including phenoxy) is 1. The molecular formula is C11H22N2O3. The molecule has 16 heavy (non-hydrogen) atoms. The molecule has 0 radical (unpaired) electrons. The van der Waals surface area contributed by atoms with E-state index in [2.05, 4.69) is 5.32 Å². The van der Waals surface area contributed by atoms with Gasteiger partial charge >= 0.3 is 5.97 Å². The molecule has 2 unspecified atom stereocenters. The second kappa shape index (κ2) is 7.22. The van der Waals surface area contributed by atoms with Crippen LogP contribution in [0.4, 0.5) is 0 Å². The van der Waals surface area contributed by atoms with Crippen LogP contribution in [0.2, 0.25) is 0 Å². The summed E-state index contributed by atoms with van der Waals surface area (Å²) in [6, 6.07) is -1.22. The predicted molar refractivity (Wildman–Crippen MR) is 61.7 cm³/mol. The van der Waals surface area contributed by atoms with Gasteiger partial charge in [-0.05, 0) is 26.2 Å². The molecule has 0 heterocycles. The molecule has 0 aromatic rings. The third-order valence-electron chi connectivity index (χ3n) is 2.06. The van der Waals surface area contributed by atoms with Gasteiger partial charge in [-0.1, -0.05) is 13.8 Å². The van der Waals surface area contributed by atoms with Crippen LogP contribution in [0.15, 0.2) is 0 Å². The van der Waals surface area contributed by atoms with E-state index in [1.54, 1.807) is 13.8 Å². The van der Waals surface area contributed by atoms with Gasteiger partial charge in [-0.25, -0.2) is 4.79 Å². The van der Waals surface area contributed by atoms with Gasteiger partial charge in [0.25, 0.3) is 0 Å². The second-order valence-electron chi connectivity index (χ2n) is 4.22. The smallest absolute Gasteiger partial charge is 0.328 e. The molecule has 0 aromatic heterocycles. The first-order valence-electron chi connectivity index (χ1n) is 5.61. The Bertz CT molecular complexity index is 241. The molecule has 0 aliphatic carbocycles. The molecule has 0 saturated heterocycles. The van der Waals surface area contributed by atoms with Crippen LogP contribution in [-0.4, -0.2) is 30.6 Å². The number of carbonyl (C=O) groups is 2. The van der Waals surface area contributed by atoms with Gasteiger partial charge in [0.2, 0.25) is 5.91 Å². The SMILES string of the molecule is CCOC(=O)C(C)NC(=O)C(N)CC(C)C. The number of nitrogens with two attached hydrogens (primary N) is 1. The monoisotopic (exact) mass is 230 g/mol. The summed E-state index contributed by atoms with van der Waals surface area (Å²) >= 11 is 0. The normalized spacial score (nSPS) is 14.4. The van der Waals surface area contributed by atoms with Gasteiger partial charge in [-0.2, -0.15) is 0 Å². The van der Waals surface area contributed by atoms with E-state index in [9.17, 15) is 9.59 Å². The van der Waals surface area contributed by atoms with Crippen molar-refractivity contribution in [3.8, 4) is 0 Å². The van der Waals surface area contributed by atoms with E-state index < -0.39 is 18.1 Å². The van der Waals surface area contributed by atoms with Crippen LogP contribution in [0, 0.1) is 5.92 Å². The lowest BCUT2D eigenvalue weighted by atomic mass is 10.0. The highest BCUT2D eigenvalue weighted by atomic mass is 16.5. The van der Waals surface area contributed by atoms with Gasteiger partial charge in [0.15, 0.2) is 0 Å². The summed E-state index contributed by atoms with van der Waals surface area (Å²) in [6.45, 7) is 7.58. The maximum absolute atomic E-state index is 11.6. The lowest BCUT2D eigenvalue weighted by molar-refractivity contribution is -0.147. The van der Waals surface area contributed by atoms with Crippen molar-refractivity contribution in [1.82, 2.24) is 5.32 Å². The minimum absolute atomic E-state index is 0.303. The Morgan fingerprint density at radius 2 is 1.88 bits per heavy atom. The van der Waals surface area contributed by atoms with Gasteiger partial charge in [0.1, 0.15) is 6.04 Å². The fourth-order valence-corrected chi connectivity index (χ4v) is 1.26. The maximum atomic E-state index is 11.6. The highest BCUT2D eigenvalue weighted by Gasteiger charge is 2.21. The molecule has 94 valence electrons. The summed E-state index contributed by atoms with van der Waals surface area (Å²) in [6.07, 6.45) is 0.599. The molecule has 0 fully saturated rings. The molecule has 5 nitrogen and oxygen atoms in total. The molecular weight excluding hydrogens is 208 g/mol. The number of hydrogen-bond donors (Lipinski definition) is 2. The Morgan fingerprint density at radius 1 is 1.31 bits per heavy atom. The molecule has 2 atom stereocenters. The fraction of sp³-hybridized carbons (Fsp3) is 0.818. The minimum atomic E-state index is -0.648. The average molecular weight is 230 g/mol. The quantitative estimate of drug-likeness (QED) is 0.648. The first-order chi connectivity index (χ1) is 7.38. The molecule has 5 heteroatoms. The highest BCUT2D eigenvalue weighted by molar-refractivity contribution is 5.87. The summed E-state index contributed by atoms with van der Waals surface area (Å²) in [4.78, 5) is 22.8. The first-order valence-corrected chi connectivity index (χ1v) is 5.61. The second-order valence-corrected chi connectivity index (χ2v) is 4.22. The molecule has 0 bridgehead atoms. The largest absolute Gasteiger partial charge is 0.464 e. The summed E-state index contributed by atoms with van der Waals surface area (Å²) in [5.41, 5.74) is 5.68. The highest BCUT2D eigenvalue weighted by Crippen LogP contribution is 2.03. The Labute approximate surface area is 96.7 Å². The first kappa shape index (κ1) is 14.9. The molecule has 0 spiro atoms. The van der Waals surface area contributed by atoms with Crippen LogP contribution < -0.4 is 11.1 Å². The van der Waals surface area contributed by atoms with Gasteiger partial charge < -0.3 is 15.8 Å². The average Bonchev–Trinajstić information content (AvgIpc) is 2.16. The summed E-state index contributed by atoms with van der Waals surface area (Å²) < 4.78 is 4.77. The lowest BCUT2D eigenvalue weighted by Crippen LogP contribution is -2.48. The van der Waals surface area contributed by atoms with E-state index in [0.29, 0.717) is 18.9 Å². The predicted octanol–water partition coefficient (Wildman–Crippen LogP) is 0.428. The number of amides is 1. The number of nitrogens with one attached hydrogen (secondary N) is 1. The number of hydrogen-bond acceptors (Lipinski definition) is 4. The van der Waals surface area contributed by atoms with Crippen molar-refractivity contribution in [2.45, 2.75) is 46.2 Å². The van der Waals surface area contributed by atoms with Crippen molar-refractivity contribution >= 4 is 11.9 Å². The summed E-state index contributed by atoms with van der Waals surface area (Å²) in [5.74, 6) is -0.402. The zero-order chi connectivity index (χ0) is 12.7. The Hall–Kier alpha value is -1.10. The number of carbonyl (C=O) groups excluding carboxylic acids is 2. The molecule has 0 aromatic carbocycles. The standard InChI is InChI=1S/C11H22N2O3/c1-5-16-11(15)8(4)13-10(14)9(12)6-7(2)3/h7-9H,5-6,12H2,1-4H3,(H,13,14). The zero-order valence-electron chi connectivity index (χ0n) is 10.4. The van der Waals surface area contributed by atoms with Crippen LogP contribution in [0.3, 0.4) is 0 Å². The molecule has 0 saturated carbocycles. The van der Waals surface area contributed by atoms with Crippen LogP contribution >= 0.6 is 0 Å². The van der Waals surface area contributed by atoms with Gasteiger partial charge in [0.05, 0.1) is 12.6 Å². The van der Waals surface area contributed by atoms with Crippen LogP contribution in [0.25, 0.3) is 0 Å². The molecule has 3 N–H and O–H groups in total. The minimum Gasteiger partial charge on any atom is -0.464 e. The Morgan fingerprint density at radius 3 is 2.31 bits per heavy atom. The van der Waals surface area contributed by atoms with E-state index in [1.807, 2.05) is 13.8 Å². The number of esters is 1. The zero-order valence-corrected chi connectivity index (χ0v) is 10.4. The van der Waals surface area contributed by atoms with Crippen LogP contribution in [-0.2, 0) is 14.3 Å². The Balaban J connectivity index is 4.08. The van der Waals surface area contributed by atoms with Crippen molar-refractivity contribution < 1.29 is 14.3 Å². The summed E-state index contributed by atoms with van der Waals surface area (Å²) in [5, 5.41) is 2.53. The van der Waals surface area contributed by atoms with E-state index >= 15 is 0 Å². The van der Waals surface area contributed by atoms with E-state index in [-0.39, 0.29) is 5.91 Å². The Kier molecular flexibility index (Phi) is 6.72. The van der Waals surface area contributed by atoms with Gasteiger partial charge in [0, 0.05) is 0 Å². The third kappa shape index (κ3) is 5.70. The lowest BCUT2D eigenvalue weighted by Gasteiger charge is -2.17. The topological polar surface area (TPSA) is 81.4 Å². The fourth-order valence-electron chi connectivity index (χ4n) is 1.26. The van der Waals surface area contributed by atoms with Crippen molar-refractivity contribution in [3.05, 3.63) is 0 Å². The van der Waals surface area contributed by atoms with Crippen molar-refractivity contribution in [2.24, 2.45) is 11.7 Å². The van der Waals surface area contributed by atoms with Crippen molar-refractivity contribution in [2.75, 3.05) is 6.61 Å².